The molecule has 1 aromatic carbocycles. The SMILES string of the molecule is CC1(Cn2cnc3ccc(C#N)cc32)CCCC(CN(C(=O)O)c2cnc(C(C)(C)O)nc2)C1. The zero-order valence-corrected chi connectivity index (χ0v) is 19.8. The van der Waals surface area contributed by atoms with E-state index in [0.717, 1.165) is 43.3 Å². The first kappa shape index (κ1) is 23.6. The van der Waals surface area contributed by atoms with Crippen LogP contribution >= 0.6 is 0 Å². The molecule has 1 fully saturated rings. The van der Waals surface area contributed by atoms with Gasteiger partial charge in [-0.2, -0.15) is 5.26 Å². The zero-order valence-electron chi connectivity index (χ0n) is 19.8. The van der Waals surface area contributed by atoms with Gasteiger partial charge in [-0.05, 0) is 62.6 Å². The molecule has 0 bridgehead atoms. The summed E-state index contributed by atoms with van der Waals surface area (Å²) < 4.78 is 2.11. The van der Waals surface area contributed by atoms with Gasteiger partial charge in [0.1, 0.15) is 5.60 Å². The summed E-state index contributed by atoms with van der Waals surface area (Å²) in [5, 5.41) is 29.2. The molecule has 9 nitrogen and oxygen atoms in total. The number of benzene rings is 1. The van der Waals surface area contributed by atoms with Crippen LogP contribution in [-0.4, -0.2) is 42.4 Å². The summed E-state index contributed by atoms with van der Waals surface area (Å²) in [5.41, 5.74) is 1.60. The molecule has 9 heteroatoms. The van der Waals surface area contributed by atoms with E-state index < -0.39 is 11.7 Å². The average molecular weight is 463 g/mol. The lowest BCUT2D eigenvalue weighted by Gasteiger charge is -2.40. The molecule has 4 rings (SSSR count). The fourth-order valence-corrected chi connectivity index (χ4v) is 5.01. The summed E-state index contributed by atoms with van der Waals surface area (Å²) in [6, 6.07) is 7.70. The highest BCUT2D eigenvalue weighted by molar-refractivity contribution is 5.85. The maximum atomic E-state index is 12.1. The van der Waals surface area contributed by atoms with Gasteiger partial charge in [-0.25, -0.2) is 19.7 Å². The first-order chi connectivity index (χ1) is 16.1. The lowest BCUT2D eigenvalue weighted by molar-refractivity contribution is 0.0687. The third kappa shape index (κ3) is 5.02. The van der Waals surface area contributed by atoms with Crippen molar-refractivity contribution in [3.8, 4) is 6.07 Å². The molecule has 3 aromatic rings. The Morgan fingerprint density at radius 2 is 2.06 bits per heavy atom. The van der Waals surface area contributed by atoms with Gasteiger partial charge in [-0.1, -0.05) is 13.3 Å². The Kier molecular flexibility index (Phi) is 6.28. The maximum Gasteiger partial charge on any atom is 0.411 e. The molecule has 0 spiro atoms. The number of carbonyl (C=O) groups is 1. The monoisotopic (exact) mass is 462 g/mol. The first-order valence-electron chi connectivity index (χ1n) is 11.5. The highest BCUT2D eigenvalue weighted by Crippen LogP contribution is 2.41. The van der Waals surface area contributed by atoms with Gasteiger partial charge in [-0.15, -0.1) is 0 Å². The highest BCUT2D eigenvalue weighted by Gasteiger charge is 2.35. The topological polar surface area (TPSA) is 128 Å². The Labute approximate surface area is 198 Å². The van der Waals surface area contributed by atoms with Crippen LogP contribution in [0.5, 0.6) is 0 Å². The minimum Gasteiger partial charge on any atom is -0.465 e. The van der Waals surface area contributed by atoms with Gasteiger partial charge in [0.15, 0.2) is 5.82 Å². The number of aromatic nitrogens is 4. The van der Waals surface area contributed by atoms with E-state index in [1.54, 1.807) is 19.9 Å². The number of rotatable bonds is 6. The smallest absolute Gasteiger partial charge is 0.411 e. The maximum absolute atomic E-state index is 12.1. The Bertz CT molecular complexity index is 1220. The van der Waals surface area contributed by atoms with Crippen LogP contribution in [0.4, 0.5) is 10.5 Å². The second kappa shape index (κ2) is 9.03. The number of carboxylic acid groups (broad SMARTS) is 1. The van der Waals surface area contributed by atoms with E-state index in [9.17, 15) is 20.3 Å². The van der Waals surface area contributed by atoms with Gasteiger partial charge < -0.3 is 14.8 Å². The largest absolute Gasteiger partial charge is 0.465 e. The van der Waals surface area contributed by atoms with Gasteiger partial charge in [-0.3, -0.25) is 4.90 Å². The molecule has 2 aromatic heterocycles. The number of fused-ring (bicyclic) bond motifs is 1. The summed E-state index contributed by atoms with van der Waals surface area (Å²) in [7, 11) is 0. The van der Waals surface area contributed by atoms with Gasteiger partial charge in [0, 0.05) is 13.1 Å². The lowest BCUT2D eigenvalue weighted by Crippen LogP contribution is -2.39. The first-order valence-corrected chi connectivity index (χ1v) is 11.5. The molecule has 0 saturated heterocycles. The van der Waals surface area contributed by atoms with E-state index in [4.69, 9.17) is 0 Å². The Hall–Kier alpha value is -3.51. The number of nitrogens with zero attached hydrogens (tertiary/aromatic N) is 6. The summed E-state index contributed by atoms with van der Waals surface area (Å²) in [5.74, 6) is 0.437. The van der Waals surface area contributed by atoms with E-state index >= 15 is 0 Å². The van der Waals surface area contributed by atoms with E-state index in [-0.39, 0.29) is 17.2 Å². The van der Waals surface area contributed by atoms with Crippen molar-refractivity contribution in [2.24, 2.45) is 11.3 Å². The minimum absolute atomic E-state index is 0.0232. The van der Waals surface area contributed by atoms with Crippen LogP contribution in [0.15, 0.2) is 36.9 Å². The molecule has 2 unspecified atom stereocenters. The molecule has 2 N–H and O–H groups in total. The standard InChI is InChI=1S/C25H30N6O3/c1-24(2,34)22-27-12-19(13-28-22)31(23(32)33)14-18-5-4-8-25(3,10-18)15-30-16-29-20-7-6-17(11-26)9-21(20)30/h6-7,9,12-13,16,18,34H,4-5,8,10,14-15H2,1-3H3,(H,32,33). The van der Waals surface area contributed by atoms with Crippen LogP contribution in [0.3, 0.4) is 0 Å². The number of nitriles is 1. The fraction of sp³-hybridized carbons (Fsp3) is 0.480. The van der Waals surface area contributed by atoms with Gasteiger partial charge in [0.05, 0.1) is 47.1 Å². The molecular weight excluding hydrogens is 432 g/mol. The van der Waals surface area contributed by atoms with Crippen molar-refractivity contribution in [2.45, 2.75) is 58.6 Å². The molecule has 178 valence electrons. The van der Waals surface area contributed by atoms with Crippen molar-refractivity contribution in [1.29, 1.82) is 5.26 Å². The van der Waals surface area contributed by atoms with Crippen molar-refractivity contribution >= 4 is 22.8 Å². The van der Waals surface area contributed by atoms with Gasteiger partial charge >= 0.3 is 6.09 Å². The number of hydrogen-bond donors (Lipinski definition) is 2. The second-order valence-corrected chi connectivity index (χ2v) is 10.2. The summed E-state index contributed by atoms with van der Waals surface area (Å²) in [6.45, 7) is 6.53. The van der Waals surface area contributed by atoms with Crippen LogP contribution in [-0.2, 0) is 12.1 Å². The van der Waals surface area contributed by atoms with Crippen molar-refractivity contribution in [3.63, 3.8) is 0 Å². The lowest BCUT2D eigenvalue weighted by atomic mass is 9.70. The molecule has 1 amide bonds. The average Bonchev–Trinajstić information content (AvgIpc) is 3.18. The normalized spacial score (nSPS) is 20.7. The van der Waals surface area contributed by atoms with Crippen molar-refractivity contribution < 1.29 is 15.0 Å². The second-order valence-electron chi connectivity index (χ2n) is 10.2. The van der Waals surface area contributed by atoms with Crippen molar-refractivity contribution in [2.75, 3.05) is 11.4 Å². The fourth-order valence-electron chi connectivity index (χ4n) is 5.01. The Morgan fingerprint density at radius 3 is 2.71 bits per heavy atom. The predicted octanol–water partition coefficient (Wildman–Crippen LogP) is 4.31. The quantitative estimate of drug-likeness (QED) is 0.559. The number of aliphatic hydroxyl groups is 1. The predicted molar refractivity (Wildman–Crippen MR) is 127 cm³/mol. The van der Waals surface area contributed by atoms with Crippen LogP contribution in [0, 0.1) is 22.7 Å². The molecular formula is C25H30N6O3. The molecule has 1 aliphatic rings. The van der Waals surface area contributed by atoms with Crippen molar-refractivity contribution in [1.82, 2.24) is 19.5 Å². The number of hydrogen-bond acceptors (Lipinski definition) is 6. The molecule has 1 aliphatic carbocycles. The van der Waals surface area contributed by atoms with E-state index in [2.05, 4.69) is 32.5 Å². The molecule has 0 aliphatic heterocycles. The summed E-state index contributed by atoms with van der Waals surface area (Å²) in [6.07, 6.45) is 7.57. The summed E-state index contributed by atoms with van der Waals surface area (Å²) >= 11 is 0. The van der Waals surface area contributed by atoms with Crippen LogP contribution in [0.25, 0.3) is 11.0 Å². The number of amides is 1. The van der Waals surface area contributed by atoms with Crippen LogP contribution in [0.2, 0.25) is 0 Å². The third-order valence-electron chi connectivity index (χ3n) is 6.65. The zero-order chi connectivity index (χ0) is 24.5. The van der Waals surface area contributed by atoms with E-state index in [1.807, 2.05) is 18.5 Å². The molecule has 2 heterocycles. The Morgan fingerprint density at radius 1 is 1.32 bits per heavy atom. The molecule has 1 saturated carbocycles. The highest BCUT2D eigenvalue weighted by atomic mass is 16.4. The molecule has 2 atom stereocenters. The van der Waals surface area contributed by atoms with Crippen molar-refractivity contribution in [3.05, 3.63) is 48.3 Å². The van der Waals surface area contributed by atoms with Gasteiger partial charge in [0.2, 0.25) is 0 Å². The van der Waals surface area contributed by atoms with E-state index in [1.165, 1.54) is 17.3 Å². The Balaban J connectivity index is 1.50. The third-order valence-corrected chi connectivity index (χ3v) is 6.65. The van der Waals surface area contributed by atoms with Crippen LogP contribution < -0.4 is 4.90 Å². The molecule has 0 radical (unpaired) electrons. The minimum atomic E-state index is -1.19. The van der Waals surface area contributed by atoms with Crippen LogP contribution in [0.1, 0.15) is 57.8 Å². The molecule has 34 heavy (non-hydrogen) atoms. The number of imidazole rings is 1. The number of anilines is 1. The van der Waals surface area contributed by atoms with E-state index in [0.29, 0.717) is 17.8 Å². The van der Waals surface area contributed by atoms with Gasteiger partial charge in [0.25, 0.3) is 0 Å². The summed E-state index contributed by atoms with van der Waals surface area (Å²) in [4.78, 5) is 26.2.